The molecule has 3 heteroatoms. The molecule has 0 bridgehead atoms. The van der Waals surface area contributed by atoms with Gasteiger partial charge in [-0.05, 0) is 31.5 Å². The molecule has 0 aliphatic carbocycles. The second-order valence-corrected chi connectivity index (χ2v) is 5.03. The van der Waals surface area contributed by atoms with Gasteiger partial charge in [0.25, 0.3) is 0 Å². The lowest BCUT2D eigenvalue weighted by Crippen LogP contribution is -2.33. The number of nitrogens with zero attached hydrogens (tertiary/aromatic N) is 1. The molecule has 1 rings (SSSR count). The summed E-state index contributed by atoms with van der Waals surface area (Å²) in [5, 5.41) is 0. The van der Waals surface area contributed by atoms with Crippen molar-refractivity contribution in [3.8, 4) is 0 Å². The van der Waals surface area contributed by atoms with Crippen molar-refractivity contribution in [2.24, 2.45) is 17.6 Å². The monoisotopic (exact) mass is 238 g/mol. The standard InChI is InChI=1S/C14H23FN2/c1-11(2)13(8-16)10-17(3)9-12-6-4-5-7-14(12)15/h4-7,11,13H,8-10,16H2,1-3H3. The quantitative estimate of drug-likeness (QED) is 0.825. The van der Waals surface area contributed by atoms with E-state index in [4.69, 9.17) is 5.73 Å². The Kier molecular flexibility index (Phi) is 5.59. The van der Waals surface area contributed by atoms with Gasteiger partial charge in [-0.3, -0.25) is 0 Å². The molecule has 1 aromatic rings. The molecule has 0 aromatic heterocycles. The first-order valence-electron chi connectivity index (χ1n) is 6.16. The fourth-order valence-electron chi connectivity index (χ4n) is 1.94. The summed E-state index contributed by atoms with van der Waals surface area (Å²) in [6.45, 7) is 6.57. The number of rotatable bonds is 6. The van der Waals surface area contributed by atoms with Crippen LogP contribution in [0.5, 0.6) is 0 Å². The molecule has 0 fully saturated rings. The van der Waals surface area contributed by atoms with E-state index < -0.39 is 0 Å². The van der Waals surface area contributed by atoms with Crippen LogP contribution in [0, 0.1) is 17.7 Å². The SMILES string of the molecule is CC(C)C(CN)CN(C)Cc1ccccc1F. The van der Waals surface area contributed by atoms with Gasteiger partial charge in [0.15, 0.2) is 0 Å². The van der Waals surface area contributed by atoms with Crippen LogP contribution in [0.4, 0.5) is 4.39 Å². The zero-order chi connectivity index (χ0) is 12.8. The van der Waals surface area contributed by atoms with Gasteiger partial charge in [-0.25, -0.2) is 4.39 Å². The molecule has 0 saturated heterocycles. The van der Waals surface area contributed by atoms with Gasteiger partial charge in [-0.1, -0.05) is 32.0 Å². The lowest BCUT2D eigenvalue weighted by atomic mass is 9.95. The molecule has 0 heterocycles. The molecule has 1 unspecified atom stereocenters. The number of nitrogens with two attached hydrogens (primary N) is 1. The van der Waals surface area contributed by atoms with Crippen molar-refractivity contribution in [3.05, 3.63) is 35.6 Å². The molecule has 1 atom stereocenters. The highest BCUT2D eigenvalue weighted by molar-refractivity contribution is 5.16. The van der Waals surface area contributed by atoms with Crippen molar-refractivity contribution in [2.75, 3.05) is 20.1 Å². The Morgan fingerprint density at radius 3 is 2.47 bits per heavy atom. The Bertz CT molecular complexity index is 339. The van der Waals surface area contributed by atoms with Gasteiger partial charge in [0.1, 0.15) is 5.82 Å². The largest absolute Gasteiger partial charge is 0.330 e. The fourth-order valence-corrected chi connectivity index (χ4v) is 1.94. The van der Waals surface area contributed by atoms with Gasteiger partial charge in [0.05, 0.1) is 0 Å². The van der Waals surface area contributed by atoms with Gasteiger partial charge in [0.2, 0.25) is 0 Å². The zero-order valence-electron chi connectivity index (χ0n) is 11.0. The van der Waals surface area contributed by atoms with E-state index in [1.807, 2.05) is 19.2 Å². The van der Waals surface area contributed by atoms with E-state index in [2.05, 4.69) is 18.7 Å². The van der Waals surface area contributed by atoms with Crippen molar-refractivity contribution in [1.82, 2.24) is 4.90 Å². The van der Waals surface area contributed by atoms with Crippen LogP contribution in [0.25, 0.3) is 0 Å². The van der Waals surface area contributed by atoms with Crippen LogP contribution >= 0.6 is 0 Å². The van der Waals surface area contributed by atoms with Gasteiger partial charge in [-0.15, -0.1) is 0 Å². The molecule has 17 heavy (non-hydrogen) atoms. The second kappa shape index (κ2) is 6.72. The van der Waals surface area contributed by atoms with E-state index in [9.17, 15) is 4.39 Å². The summed E-state index contributed by atoms with van der Waals surface area (Å²) in [6.07, 6.45) is 0. The molecule has 0 saturated carbocycles. The molecule has 0 aliphatic heterocycles. The Morgan fingerprint density at radius 1 is 1.29 bits per heavy atom. The van der Waals surface area contributed by atoms with Crippen molar-refractivity contribution >= 4 is 0 Å². The predicted octanol–water partition coefficient (Wildman–Crippen LogP) is 2.49. The summed E-state index contributed by atoms with van der Waals surface area (Å²) in [5.74, 6) is 0.892. The molecule has 2 nitrogen and oxygen atoms in total. The number of hydrogen-bond acceptors (Lipinski definition) is 2. The third kappa shape index (κ3) is 4.44. The van der Waals surface area contributed by atoms with E-state index >= 15 is 0 Å². The lowest BCUT2D eigenvalue weighted by molar-refractivity contribution is 0.232. The van der Waals surface area contributed by atoms with Crippen molar-refractivity contribution in [2.45, 2.75) is 20.4 Å². The fraction of sp³-hybridized carbons (Fsp3) is 0.571. The molecule has 0 spiro atoms. The van der Waals surface area contributed by atoms with Crippen LogP contribution in [-0.2, 0) is 6.54 Å². The molecular formula is C14H23FN2. The summed E-state index contributed by atoms with van der Waals surface area (Å²) in [5.41, 5.74) is 6.49. The Morgan fingerprint density at radius 2 is 1.94 bits per heavy atom. The van der Waals surface area contributed by atoms with Crippen LogP contribution in [-0.4, -0.2) is 25.0 Å². The van der Waals surface area contributed by atoms with Gasteiger partial charge >= 0.3 is 0 Å². The van der Waals surface area contributed by atoms with E-state index in [0.717, 1.165) is 12.1 Å². The molecular weight excluding hydrogens is 215 g/mol. The van der Waals surface area contributed by atoms with E-state index in [0.29, 0.717) is 24.9 Å². The second-order valence-electron chi connectivity index (χ2n) is 5.03. The van der Waals surface area contributed by atoms with Gasteiger partial charge in [-0.2, -0.15) is 0 Å². The van der Waals surface area contributed by atoms with E-state index in [1.54, 1.807) is 6.07 Å². The molecule has 0 radical (unpaired) electrons. The third-order valence-electron chi connectivity index (χ3n) is 3.19. The molecule has 1 aromatic carbocycles. The Labute approximate surface area is 104 Å². The first-order valence-corrected chi connectivity index (χ1v) is 6.16. The minimum absolute atomic E-state index is 0.131. The average molecular weight is 238 g/mol. The van der Waals surface area contributed by atoms with Crippen molar-refractivity contribution in [3.63, 3.8) is 0 Å². The van der Waals surface area contributed by atoms with Gasteiger partial charge < -0.3 is 10.6 Å². The topological polar surface area (TPSA) is 29.3 Å². The summed E-state index contributed by atoms with van der Waals surface area (Å²) in [6, 6.07) is 6.93. The van der Waals surface area contributed by atoms with Gasteiger partial charge in [0, 0.05) is 18.7 Å². The highest BCUT2D eigenvalue weighted by atomic mass is 19.1. The molecule has 0 aliphatic rings. The normalized spacial score (nSPS) is 13.4. The van der Waals surface area contributed by atoms with Crippen LogP contribution in [0.1, 0.15) is 19.4 Å². The van der Waals surface area contributed by atoms with Crippen LogP contribution in [0.2, 0.25) is 0 Å². The van der Waals surface area contributed by atoms with E-state index in [1.165, 1.54) is 6.07 Å². The number of benzene rings is 1. The maximum atomic E-state index is 13.5. The highest BCUT2D eigenvalue weighted by Crippen LogP contribution is 2.14. The Balaban J connectivity index is 2.55. The zero-order valence-corrected chi connectivity index (χ0v) is 11.0. The maximum absolute atomic E-state index is 13.5. The lowest BCUT2D eigenvalue weighted by Gasteiger charge is -2.25. The summed E-state index contributed by atoms with van der Waals surface area (Å²) in [7, 11) is 2.01. The molecule has 96 valence electrons. The van der Waals surface area contributed by atoms with Crippen molar-refractivity contribution < 1.29 is 4.39 Å². The Hall–Kier alpha value is -0.930. The third-order valence-corrected chi connectivity index (χ3v) is 3.19. The smallest absolute Gasteiger partial charge is 0.127 e. The van der Waals surface area contributed by atoms with Crippen molar-refractivity contribution in [1.29, 1.82) is 0 Å². The summed E-state index contributed by atoms with van der Waals surface area (Å²) in [4.78, 5) is 2.13. The number of halogens is 1. The maximum Gasteiger partial charge on any atom is 0.127 e. The minimum Gasteiger partial charge on any atom is -0.330 e. The van der Waals surface area contributed by atoms with E-state index in [-0.39, 0.29) is 5.82 Å². The number of hydrogen-bond donors (Lipinski definition) is 1. The first-order chi connectivity index (χ1) is 8.04. The van der Waals surface area contributed by atoms with Crippen LogP contribution in [0.15, 0.2) is 24.3 Å². The predicted molar refractivity (Wildman–Crippen MR) is 70.1 cm³/mol. The van der Waals surface area contributed by atoms with Crippen LogP contribution in [0.3, 0.4) is 0 Å². The first kappa shape index (κ1) is 14.1. The summed E-state index contributed by atoms with van der Waals surface area (Å²) >= 11 is 0. The van der Waals surface area contributed by atoms with Crippen LogP contribution < -0.4 is 5.73 Å². The molecule has 2 N–H and O–H groups in total. The minimum atomic E-state index is -0.131. The highest BCUT2D eigenvalue weighted by Gasteiger charge is 2.14. The molecule has 0 amide bonds. The average Bonchev–Trinajstić information content (AvgIpc) is 2.28. The summed E-state index contributed by atoms with van der Waals surface area (Å²) < 4.78 is 13.5.